The number of nitrogens with zero attached hydrogens (tertiary/aromatic N) is 1. The van der Waals surface area contributed by atoms with E-state index < -0.39 is 5.69 Å². The Kier molecular flexibility index (Phi) is 2.69. The van der Waals surface area contributed by atoms with E-state index >= 15 is 0 Å². The molecule has 2 N–H and O–H groups in total. The number of imidazole rings is 1. The smallest absolute Gasteiger partial charge is 0.333 e. The molecule has 0 unspecified atom stereocenters. The van der Waals surface area contributed by atoms with Crippen LogP contribution in [0.1, 0.15) is 5.69 Å². The first kappa shape index (κ1) is 11.1. The predicted molar refractivity (Wildman–Crippen MR) is 62.8 cm³/mol. The summed E-state index contributed by atoms with van der Waals surface area (Å²) in [5.74, 6) is -0.150. The Hall–Kier alpha value is -1.39. The fourth-order valence-corrected chi connectivity index (χ4v) is 1.96. The molecule has 0 fully saturated rings. The number of aromatic hydroxyl groups is 1. The summed E-state index contributed by atoms with van der Waals surface area (Å²) >= 11 is 11.6. The lowest BCUT2D eigenvalue weighted by atomic mass is 10.3. The average Bonchev–Trinajstić information content (AvgIpc) is 2.39. The summed E-state index contributed by atoms with van der Waals surface area (Å²) in [6.45, 7) is 1.60. The van der Waals surface area contributed by atoms with Gasteiger partial charge in [0.1, 0.15) is 0 Å². The van der Waals surface area contributed by atoms with Gasteiger partial charge in [0, 0.05) is 10.0 Å². The molecule has 0 atom stereocenters. The Morgan fingerprint density at radius 2 is 1.81 bits per heavy atom. The third-order valence-corrected chi connectivity index (χ3v) is 2.59. The molecular formula is C10H8Cl2N2O2. The lowest BCUT2D eigenvalue weighted by Gasteiger charge is -2.04. The van der Waals surface area contributed by atoms with Gasteiger partial charge in [0.15, 0.2) is 0 Å². The van der Waals surface area contributed by atoms with E-state index in [4.69, 9.17) is 23.2 Å². The van der Waals surface area contributed by atoms with Crippen LogP contribution in [0, 0.1) is 6.92 Å². The number of aryl methyl sites for hydroxylation is 1. The summed E-state index contributed by atoms with van der Waals surface area (Å²) in [7, 11) is 0. The highest BCUT2D eigenvalue weighted by molar-refractivity contribution is 6.34. The zero-order valence-electron chi connectivity index (χ0n) is 8.29. The van der Waals surface area contributed by atoms with Crippen LogP contribution in [0.15, 0.2) is 23.0 Å². The highest BCUT2D eigenvalue weighted by Crippen LogP contribution is 2.24. The van der Waals surface area contributed by atoms with Crippen molar-refractivity contribution in [3.8, 4) is 11.6 Å². The molecule has 0 saturated heterocycles. The molecule has 4 nitrogen and oxygen atoms in total. The Bertz CT molecular complexity index is 581. The van der Waals surface area contributed by atoms with Crippen molar-refractivity contribution in [2.24, 2.45) is 0 Å². The first-order valence-corrected chi connectivity index (χ1v) is 5.21. The summed E-state index contributed by atoms with van der Waals surface area (Å²) in [6, 6.07) is 4.64. The molecule has 0 amide bonds. The van der Waals surface area contributed by atoms with Gasteiger partial charge in [-0.1, -0.05) is 23.2 Å². The number of hydrogen-bond acceptors (Lipinski definition) is 2. The fraction of sp³-hybridized carbons (Fsp3) is 0.100. The van der Waals surface area contributed by atoms with Crippen LogP contribution in [0.25, 0.3) is 5.69 Å². The number of hydrogen-bond donors (Lipinski definition) is 2. The van der Waals surface area contributed by atoms with Gasteiger partial charge in [-0.2, -0.15) is 0 Å². The second-order valence-electron chi connectivity index (χ2n) is 3.34. The topological polar surface area (TPSA) is 58.0 Å². The molecule has 0 bridgehead atoms. The summed E-state index contributed by atoms with van der Waals surface area (Å²) in [4.78, 5) is 14.0. The number of nitrogens with one attached hydrogen (secondary N) is 1. The highest BCUT2D eigenvalue weighted by atomic mass is 35.5. The van der Waals surface area contributed by atoms with Crippen LogP contribution in [0.3, 0.4) is 0 Å². The molecule has 0 aliphatic heterocycles. The first-order valence-electron chi connectivity index (χ1n) is 4.46. The van der Waals surface area contributed by atoms with Crippen LogP contribution < -0.4 is 5.69 Å². The molecule has 0 aliphatic rings. The quantitative estimate of drug-likeness (QED) is 0.826. The van der Waals surface area contributed by atoms with Crippen molar-refractivity contribution in [1.82, 2.24) is 9.55 Å². The van der Waals surface area contributed by atoms with Gasteiger partial charge in [-0.25, -0.2) is 9.36 Å². The Balaban J connectivity index is 2.72. The molecule has 6 heteroatoms. The number of rotatable bonds is 1. The number of H-pyrrole nitrogens is 1. The van der Waals surface area contributed by atoms with Crippen LogP contribution in [0.5, 0.6) is 5.88 Å². The van der Waals surface area contributed by atoms with Gasteiger partial charge in [0.2, 0.25) is 5.88 Å². The minimum absolute atomic E-state index is 0.150. The minimum atomic E-state index is -0.437. The molecular weight excluding hydrogens is 251 g/mol. The average molecular weight is 259 g/mol. The van der Waals surface area contributed by atoms with Crippen molar-refractivity contribution >= 4 is 23.2 Å². The maximum absolute atomic E-state index is 11.5. The minimum Gasteiger partial charge on any atom is -0.493 e. The monoisotopic (exact) mass is 258 g/mol. The number of benzene rings is 1. The third-order valence-electron chi connectivity index (χ3n) is 2.15. The molecule has 1 heterocycles. The standard InChI is InChI=1S/C10H8Cl2N2O2/c1-5-9(15)14(10(16)13-5)8-3-6(11)2-7(12)4-8/h2-4,15H,1H3,(H,13,16). The third kappa shape index (κ3) is 1.81. The van der Waals surface area contributed by atoms with Crippen LogP contribution >= 0.6 is 23.2 Å². The van der Waals surface area contributed by atoms with E-state index in [9.17, 15) is 9.90 Å². The summed E-state index contributed by atoms with van der Waals surface area (Å²) in [6.07, 6.45) is 0. The van der Waals surface area contributed by atoms with Gasteiger partial charge < -0.3 is 10.1 Å². The highest BCUT2D eigenvalue weighted by Gasteiger charge is 2.12. The van der Waals surface area contributed by atoms with Gasteiger partial charge in [0.25, 0.3) is 0 Å². The van der Waals surface area contributed by atoms with Crippen molar-refractivity contribution in [2.75, 3.05) is 0 Å². The predicted octanol–water partition coefficient (Wildman–Crippen LogP) is 2.49. The first-order chi connectivity index (χ1) is 7.49. The SMILES string of the molecule is Cc1[nH]c(=O)n(-c2cc(Cl)cc(Cl)c2)c1O. The number of aromatic nitrogens is 2. The van der Waals surface area contributed by atoms with Crippen LogP contribution in [0.2, 0.25) is 10.0 Å². The lowest BCUT2D eigenvalue weighted by Crippen LogP contribution is -2.14. The molecule has 1 aromatic heterocycles. The number of aromatic amines is 1. The second-order valence-corrected chi connectivity index (χ2v) is 4.21. The largest absolute Gasteiger partial charge is 0.493 e. The van der Waals surface area contributed by atoms with Crippen LogP contribution in [-0.2, 0) is 0 Å². The van der Waals surface area contributed by atoms with Crippen LogP contribution in [-0.4, -0.2) is 14.7 Å². The van der Waals surface area contributed by atoms with E-state index in [1.165, 1.54) is 0 Å². The van der Waals surface area contributed by atoms with Crippen molar-refractivity contribution in [1.29, 1.82) is 0 Å². The summed E-state index contributed by atoms with van der Waals surface area (Å²) < 4.78 is 1.10. The fourth-order valence-electron chi connectivity index (χ4n) is 1.44. The molecule has 2 rings (SSSR count). The van der Waals surface area contributed by atoms with Gasteiger partial charge >= 0.3 is 5.69 Å². The maximum Gasteiger partial charge on any atom is 0.333 e. The van der Waals surface area contributed by atoms with Crippen LogP contribution in [0.4, 0.5) is 0 Å². The molecule has 0 spiro atoms. The van der Waals surface area contributed by atoms with Crippen molar-refractivity contribution in [3.05, 3.63) is 44.4 Å². The van der Waals surface area contributed by atoms with Gasteiger partial charge in [-0.15, -0.1) is 0 Å². The lowest BCUT2D eigenvalue weighted by molar-refractivity contribution is 0.437. The Labute approximate surface area is 101 Å². The molecule has 0 radical (unpaired) electrons. The molecule has 2 aromatic rings. The van der Waals surface area contributed by atoms with Gasteiger partial charge in [0.05, 0.1) is 11.4 Å². The van der Waals surface area contributed by atoms with E-state index in [2.05, 4.69) is 4.98 Å². The molecule has 84 valence electrons. The normalized spacial score (nSPS) is 10.7. The van der Waals surface area contributed by atoms with Crippen molar-refractivity contribution < 1.29 is 5.11 Å². The van der Waals surface area contributed by atoms with E-state index in [-0.39, 0.29) is 5.88 Å². The van der Waals surface area contributed by atoms with E-state index in [0.717, 1.165) is 4.57 Å². The zero-order chi connectivity index (χ0) is 11.9. The van der Waals surface area contributed by atoms with E-state index in [1.54, 1.807) is 25.1 Å². The summed E-state index contributed by atoms with van der Waals surface area (Å²) in [5, 5.41) is 10.5. The van der Waals surface area contributed by atoms with Gasteiger partial charge in [-0.05, 0) is 25.1 Å². The Morgan fingerprint density at radius 1 is 1.25 bits per heavy atom. The van der Waals surface area contributed by atoms with Crippen molar-refractivity contribution in [3.63, 3.8) is 0 Å². The second kappa shape index (κ2) is 3.88. The van der Waals surface area contributed by atoms with Gasteiger partial charge in [-0.3, -0.25) is 0 Å². The van der Waals surface area contributed by atoms with E-state index in [1.807, 2.05) is 0 Å². The summed E-state index contributed by atoms with van der Waals surface area (Å²) in [5.41, 5.74) is 0.374. The zero-order valence-corrected chi connectivity index (χ0v) is 9.80. The maximum atomic E-state index is 11.5. The molecule has 1 aromatic carbocycles. The van der Waals surface area contributed by atoms with Crippen molar-refractivity contribution in [2.45, 2.75) is 6.92 Å². The number of halogens is 2. The molecule has 0 saturated carbocycles. The Morgan fingerprint density at radius 3 is 2.25 bits per heavy atom. The molecule has 16 heavy (non-hydrogen) atoms. The molecule has 0 aliphatic carbocycles. The van der Waals surface area contributed by atoms with E-state index in [0.29, 0.717) is 21.4 Å².